The summed E-state index contributed by atoms with van der Waals surface area (Å²) in [6, 6.07) is 19.4. The Morgan fingerprint density at radius 3 is 2.67 bits per heavy atom. The molecule has 0 bridgehead atoms. The molecule has 0 aliphatic carbocycles. The number of benzene rings is 2. The van der Waals surface area contributed by atoms with Crippen LogP contribution in [-0.4, -0.2) is 27.4 Å². The van der Waals surface area contributed by atoms with Crippen molar-refractivity contribution in [1.29, 1.82) is 0 Å². The number of carbonyl (C=O) groups is 1. The van der Waals surface area contributed by atoms with Gasteiger partial charge in [-0.15, -0.1) is 11.8 Å². The van der Waals surface area contributed by atoms with Crippen molar-refractivity contribution in [3.05, 3.63) is 95.4 Å². The molecule has 2 heterocycles. The standard InChI is InChI=1S/C23H19ClN4OS/c24-19-5-7-20(8-6-19)30-14-13-28-16-18(21-3-1-2-4-22(21)28)15-26-27-23(29)17-9-11-25-12-10-17/h1-12,15-16H,13-14H2,(H,27,29)/b26-15+. The van der Waals surface area contributed by atoms with Gasteiger partial charge in [0, 0.05) is 62.8 Å². The van der Waals surface area contributed by atoms with Crippen molar-refractivity contribution in [2.24, 2.45) is 5.10 Å². The van der Waals surface area contributed by atoms with Gasteiger partial charge in [0.2, 0.25) is 0 Å². The number of aromatic nitrogens is 2. The normalized spacial score (nSPS) is 11.2. The maximum atomic E-state index is 12.1. The molecule has 1 amide bonds. The van der Waals surface area contributed by atoms with E-state index in [2.05, 4.69) is 38.4 Å². The Kier molecular flexibility index (Phi) is 6.47. The summed E-state index contributed by atoms with van der Waals surface area (Å²) >= 11 is 7.74. The second kappa shape index (κ2) is 9.61. The first kappa shape index (κ1) is 20.2. The van der Waals surface area contributed by atoms with Crippen LogP contribution in [0.3, 0.4) is 0 Å². The van der Waals surface area contributed by atoms with Gasteiger partial charge in [-0.3, -0.25) is 9.78 Å². The number of para-hydroxylation sites is 1. The van der Waals surface area contributed by atoms with Crippen LogP contribution in [0.1, 0.15) is 15.9 Å². The first-order valence-electron chi connectivity index (χ1n) is 9.40. The van der Waals surface area contributed by atoms with E-state index in [1.54, 1.807) is 42.5 Å². The molecule has 2 aromatic carbocycles. The van der Waals surface area contributed by atoms with Gasteiger partial charge >= 0.3 is 0 Å². The molecule has 0 radical (unpaired) electrons. The van der Waals surface area contributed by atoms with Gasteiger partial charge in [-0.1, -0.05) is 29.8 Å². The second-order valence-corrected chi connectivity index (χ2v) is 8.14. The number of pyridine rings is 1. The number of amides is 1. The summed E-state index contributed by atoms with van der Waals surface area (Å²) in [5.41, 5.74) is 5.18. The molecule has 0 aliphatic heterocycles. The predicted molar refractivity (Wildman–Crippen MR) is 123 cm³/mol. The summed E-state index contributed by atoms with van der Waals surface area (Å²) < 4.78 is 2.21. The van der Waals surface area contributed by atoms with Crippen molar-refractivity contribution in [2.75, 3.05) is 5.75 Å². The van der Waals surface area contributed by atoms with E-state index in [0.29, 0.717) is 5.56 Å². The van der Waals surface area contributed by atoms with Crippen LogP contribution in [0.4, 0.5) is 0 Å². The number of hydrazone groups is 1. The molecular weight excluding hydrogens is 416 g/mol. The summed E-state index contributed by atoms with van der Waals surface area (Å²) in [5, 5.41) is 5.98. The van der Waals surface area contributed by atoms with Gasteiger partial charge in [0.25, 0.3) is 5.91 Å². The smallest absolute Gasteiger partial charge is 0.271 e. The fourth-order valence-electron chi connectivity index (χ4n) is 3.08. The lowest BCUT2D eigenvalue weighted by Gasteiger charge is -2.05. The largest absolute Gasteiger partial charge is 0.346 e. The van der Waals surface area contributed by atoms with Crippen LogP contribution in [0.15, 0.2) is 89.3 Å². The number of aryl methyl sites for hydroxylation is 1. The van der Waals surface area contributed by atoms with Crippen LogP contribution in [0.25, 0.3) is 10.9 Å². The monoisotopic (exact) mass is 434 g/mol. The van der Waals surface area contributed by atoms with Crippen molar-refractivity contribution in [3.8, 4) is 0 Å². The van der Waals surface area contributed by atoms with Crippen LogP contribution in [0.2, 0.25) is 5.02 Å². The van der Waals surface area contributed by atoms with Crippen molar-refractivity contribution < 1.29 is 4.79 Å². The van der Waals surface area contributed by atoms with E-state index in [4.69, 9.17) is 11.6 Å². The number of nitrogens with zero attached hydrogens (tertiary/aromatic N) is 3. The summed E-state index contributed by atoms with van der Waals surface area (Å²) in [4.78, 5) is 17.2. The molecule has 150 valence electrons. The molecule has 1 N–H and O–H groups in total. The highest BCUT2D eigenvalue weighted by molar-refractivity contribution is 7.99. The highest BCUT2D eigenvalue weighted by Crippen LogP contribution is 2.23. The van der Waals surface area contributed by atoms with E-state index in [1.165, 1.54) is 4.90 Å². The number of carbonyl (C=O) groups excluding carboxylic acids is 1. The Balaban J connectivity index is 1.45. The lowest BCUT2D eigenvalue weighted by atomic mass is 10.2. The van der Waals surface area contributed by atoms with Gasteiger partial charge in [0.15, 0.2) is 0 Å². The van der Waals surface area contributed by atoms with E-state index in [-0.39, 0.29) is 5.91 Å². The highest BCUT2D eigenvalue weighted by Gasteiger charge is 2.07. The number of hydrogen-bond donors (Lipinski definition) is 1. The third-order valence-corrected chi connectivity index (χ3v) is 5.79. The van der Waals surface area contributed by atoms with E-state index < -0.39 is 0 Å². The lowest BCUT2D eigenvalue weighted by molar-refractivity contribution is 0.0955. The zero-order chi connectivity index (χ0) is 20.8. The summed E-state index contributed by atoms with van der Waals surface area (Å²) in [6.07, 6.45) is 6.90. The Hall–Kier alpha value is -3.09. The van der Waals surface area contributed by atoms with Crippen molar-refractivity contribution in [3.63, 3.8) is 0 Å². The molecule has 0 saturated heterocycles. The van der Waals surface area contributed by atoms with E-state index >= 15 is 0 Å². The predicted octanol–water partition coefficient (Wildman–Crippen LogP) is 5.25. The average molecular weight is 435 g/mol. The molecule has 0 atom stereocenters. The summed E-state index contributed by atoms with van der Waals surface area (Å²) in [6.45, 7) is 0.852. The number of thioether (sulfide) groups is 1. The van der Waals surface area contributed by atoms with Gasteiger partial charge < -0.3 is 4.57 Å². The Bertz CT molecular complexity index is 1170. The minimum atomic E-state index is -0.267. The van der Waals surface area contributed by atoms with Crippen LogP contribution in [-0.2, 0) is 6.54 Å². The topological polar surface area (TPSA) is 59.3 Å². The van der Waals surface area contributed by atoms with Gasteiger partial charge in [0.1, 0.15) is 0 Å². The molecular formula is C23H19ClN4OS. The molecule has 5 nitrogen and oxygen atoms in total. The molecule has 0 spiro atoms. The van der Waals surface area contributed by atoms with Crippen molar-refractivity contribution >= 4 is 46.4 Å². The number of halogens is 1. The molecule has 0 fully saturated rings. The third-order valence-electron chi connectivity index (χ3n) is 4.55. The molecule has 0 unspecified atom stereocenters. The number of rotatable bonds is 7. The first-order chi connectivity index (χ1) is 14.7. The maximum Gasteiger partial charge on any atom is 0.271 e. The Morgan fingerprint density at radius 1 is 1.10 bits per heavy atom. The Morgan fingerprint density at radius 2 is 1.87 bits per heavy atom. The zero-order valence-electron chi connectivity index (χ0n) is 16.0. The quantitative estimate of drug-likeness (QED) is 0.245. The molecule has 0 saturated carbocycles. The van der Waals surface area contributed by atoms with Gasteiger partial charge in [-0.25, -0.2) is 5.43 Å². The van der Waals surface area contributed by atoms with Crippen molar-refractivity contribution in [1.82, 2.24) is 15.0 Å². The Labute approximate surface area is 183 Å². The van der Waals surface area contributed by atoms with Gasteiger partial charge in [0.05, 0.1) is 6.21 Å². The highest BCUT2D eigenvalue weighted by atomic mass is 35.5. The minimum Gasteiger partial charge on any atom is -0.346 e. The van der Waals surface area contributed by atoms with Gasteiger partial charge in [-0.05, 0) is 42.5 Å². The maximum absolute atomic E-state index is 12.1. The molecule has 4 aromatic rings. The fraction of sp³-hybridized carbons (Fsp3) is 0.0870. The lowest BCUT2D eigenvalue weighted by Crippen LogP contribution is -2.17. The zero-order valence-corrected chi connectivity index (χ0v) is 17.6. The first-order valence-corrected chi connectivity index (χ1v) is 10.8. The molecule has 2 aromatic heterocycles. The van der Waals surface area contributed by atoms with Crippen LogP contribution >= 0.6 is 23.4 Å². The number of fused-ring (bicyclic) bond motifs is 1. The molecule has 30 heavy (non-hydrogen) atoms. The van der Waals surface area contributed by atoms with Crippen LogP contribution in [0.5, 0.6) is 0 Å². The van der Waals surface area contributed by atoms with Crippen LogP contribution in [0, 0.1) is 0 Å². The van der Waals surface area contributed by atoms with Crippen LogP contribution < -0.4 is 5.43 Å². The molecule has 7 heteroatoms. The van der Waals surface area contributed by atoms with Crippen molar-refractivity contribution in [2.45, 2.75) is 11.4 Å². The average Bonchev–Trinajstić information content (AvgIpc) is 3.13. The second-order valence-electron chi connectivity index (χ2n) is 6.53. The van der Waals surface area contributed by atoms with Gasteiger partial charge in [-0.2, -0.15) is 5.10 Å². The minimum absolute atomic E-state index is 0.267. The number of nitrogens with one attached hydrogen (secondary N) is 1. The molecule has 0 aliphatic rings. The summed E-state index contributed by atoms with van der Waals surface area (Å²) in [5.74, 6) is 0.659. The van der Waals surface area contributed by atoms with E-state index in [0.717, 1.165) is 33.8 Å². The fourth-order valence-corrected chi connectivity index (χ4v) is 4.06. The van der Waals surface area contributed by atoms with E-state index in [9.17, 15) is 4.79 Å². The molecule has 4 rings (SSSR count). The van der Waals surface area contributed by atoms with E-state index in [1.807, 2.05) is 36.4 Å². The third kappa shape index (κ3) is 4.90. The summed E-state index contributed by atoms with van der Waals surface area (Å²) in [7, 11) is 0. The SMILES string of the molecule is O=C(N/N=C/c1cn(CCSc2ccc(Cl)cc2)c2ccccc12)c1ccncc1. The number of hydrogen-bond acceptors (Lipinski definition) is 4.